The molecule has 224 valence electrons. The summed E-state index contributed by atoms with van der Waals surface area (Å²) in [7, 11) is 0. The number of carbonyl (C=O) groups excluding carboxylic acids is 6. The number of nitrogens with one attached hydrogen (secondary N) is 3. The molecular weight excluding hydrogens is 528 g/mol. The second-order valence-corrected chi connectivity index (χ2v) is 11.5. The molecule has 1 heterocycles. The van der Waals surface area contributed by atoms with Gasteiger partial charge < -0.3 is 20.7 Å². The van der Waals surface area contributed by atoms with Crippen molar-refractivity contribution in [3.05, 3.63) is 42.0 Å². The minimum atomic E-state index is -0.862. The van der Waals surface area contributed by atoms with Crippen molar-refractivity contribution >= 4 is 41.2 Å². The van der Waals surface area contributed by atoms with Gasteiger partial charge in [-0.2, -0.15) is 0 Å². The molecule has 2 rings (SSSR count). The third-order valence-electron chi connectivity index (χ3n) is 6.41. The van der Waals surface area contributed by atoms with E-state index in [0.29, 0.717) is 31.5 Å². The zero-order valence-electron chi connectivity index (χ0n) is 24.7. The molecule has 0 saturated heterocycles. The van der Waals surface area contributed by atoms with Crippen LogP contribution in [0.4, 0.5) is 5.69 Å². The van der Waals surface area contributed by atoms with Crippen LogP contribution in [0.25, 0.3) is 0 Å². The summed E-state index contributed by atoms with van der Waals surface area (Å²) in [5, 5.41) is 8.15. The van der Waals surface area contributed by atoms with Gasteiger partial charge in [-0.05, 0) is 64.2 Å². The number of rotatable bonds is 14. The monoisotopic (exact) mass is 570 g/mol. The van der Waals surface area contributed by atoms with Crippen molar-refractivity contribution in [2.45, 2.75) is 85.9 Å². The molecule has 1 unspecified atom stereocenters. The van der Waals surface area contributed by atoms with E-state index in [4.69, 9.17) is 4.74 Å². The summed E-state index contributed by atoms with van der Waals surface area (Å²) in [6, 6.07) is 5.16. The van der Waals surface area contributed by atoms with Crippen LogP contribution >= 0.6 is 0 Å². The van der Waals surface area contributed by atoms with E-state index in [2.05, 4.69) is 16.0 Å². The van der Waals surface area contributed by atoms with Gasteiger partial charge in [-0.3, -0.25) is 33.7 Å². The van der Waals surface area contributed by atoms with Gasteiger partial charge in [-0.1, -0.05) is 32.4 Å². The van der Waals surface area contributed by atoms with Gasteiger partial charge in [-0.15, -0.1) is 0 Å². The number of nitrogens with zero attached hydrogens (tertiary/aromatic N) is 1. The first-order valence-electron chi connectivity index (χ1n) is 13.9. The molecule has 0 radical (unpaired) electrons. The average Bonchev–Trinajstić information content (AvgIpc) is 3.22. The lowest BCUT2D eigenvalue weighted by atomic mass is 9.97. The van der Waals surface area contributed by atoms with Gasteiger partial charge in [0.05, 0.1) is 5.41 Å². The topological polar surface area (TPSA) is 151 Å². The number of amides is 5. The van der Waals surface area contributed by atoms with E-state index >= 15 is 0 Å². The summed E-state index contributed by atoms with van der Waals surface area (Å²) in [5.74, 6) is -2.35. The van der Waals surface area contributed by atoms with Crippen LogP contribution in [0.2, 0.25) is 0 Å². The molecule has 41 heavy (non-hydrogen) atoms. The van der Waals surface area contributed by atoms with Gasteiger partial charge in [0.2, 0.25) is 17.7 Å². The fourth-order valence-corrected chi connectivity index (χ4v) is 3.83. The molecule has 5 amide bonds. The lowest BCUT2D eigenvalue weighted by Gasteiger charge is -2.24. The first-order chi connectivity index (χ1) is 19.2. The minimum Gasteiger partial charge on any atom is -0.460 e. The maximum absolute atomic E-state index is 12.9. The Bertz CT molecular complexity index is 1130. The third-order valence-corrected chi connectivity index (χ3v) is 6.41. The Balaban J connectivity index is 1.76. The highest BCUT2D eigenvalue weighted by Gasteiger charge is 2.27. The average molecular weight is 571 g/mol. The Morgan fingerprint density at radius 2 is 1.46 bits per heavy atom. The lowest BCUT2D eigenvalue weighted by Crippen LogP contribution is -2.53. The van der Waals surface area contributed by atoms with E-state index in [9.17, 15) is 28.8 Å². The summed E-state index contributed by atoms with van der Waals surface area (Å²) >= 11 is 0. The Labute approximate surface area is 241 Å². The van der Waals surface area contributed by atoms with Crippen molar-refractivity contribution in [1.29, 1.82) is 0 Å². The van der Waals surface area contributed by atoms with Crippen LogP contribution in [-0.4, -0.2) is 59.0 Å². The highest BCUT2D eigenvalue weighted by Crippen LogP contribution is 2.17. The number of hydrogen-bond donors (Lipinski definition) is 3. The van der Waals surface area contributed by atoms with Crippen LogP contribution in [0.3, 0.4) is 0 Å². The van der Waals surface area contributed by atoms with Gasteiger partial charge in [-0.25, -0.2) is 0 Å². The molecule has 11 heteroatoms. The van der Waals surface area contributed by atoms with Gasteiger partial charge in [0.15, 0.2) is 0 Å². The smallest absolute Gasteiger partial charge is 0.311 e. The van der Waals surface area contributed by atoms with Crippen LogP contribution in [0.5, 0.6) is 0 Å². The molecule has 0 fully saturated rings. The number of hydrogen-bond acceptors (Lipinski definition) is 7. The maximum atomic E-state index is 12.9. The molecule has 1 aromatic carbocycles. The van der Waals surface area contributed by atoms with Crippen LogP contribution in [-0.2, 0) is 40.1 Å². The Morgan fingerprint density at radius 1 is 0.854 bits per heavy atom. The predicted octanol–water partition coefficient (Wildman–Crippen LogP) is 2.85. The molecular formula is C30H42N4O7. The van der Waals surface area contributed by atoms with Crippen molar-refractivity contribution in [1.82, 2.24) is 15.5 Å². The highest BCUT2D eigenvalue weighted by molar-refractivity contribution is 6.12. The molecule has 11 nitrogen and oxygen atoms in total. The molecule has 0 aromatic heterocycles. The lowest BCUT2D eigenvalue weighted by molar-refractivity contribution is -0.154. The van der Waals surface area contributed by atoms with Crippen LogP contribution < -0.4 is 16.0 Å². The Hall–Kier alpha value is -4.02. The Kier molecular flexibility index (Phi) is 12.2. The molecule has 0 saturated carbocycles. The third kappa shape index (κ3) is 10.8. The van der Waals surface area contributed by atoms with Crippen molar-refractivity contribution in [3.8, 4) is 0 Å². The van der Waals surface area contributed by atoms with E-state index in [0.717, 1.165) is 5.56 Å². The Morgan fingerprint density at radius 3 is 2.02 bits per heavy atom. The number of esters is 1. The van der Waals surface area contributed by atoms with Crippen molar-refractivity contribution in [3.63, 3.8) is 0 Å². The second-order valence-electron chi connectivity index (χ2n) is 11.5. The van der Waals surface area contributed by atoms with Crippen LogP contribution in [0.15, 0.2) is 36.4 Å². The predicted molar refractivity (Wildman–Crippen MR) is 153 cm³/mol. The zero-order chi connectivity index (χ0) is 30.7. The number of unbranched alkanes of at least 4 members (excludes halogenated alkanes) is 2. The van der Waals surface area contributed by atoms with Crippen LogP contribution in [0, 0.1) is 11.3 Å². The van der Waals surface area contributed by atoms with Gasteiger partial charge >= 0.3 is 5.97 Å². The summed E-state index contributed by atoms with van der Waals surface area (Å²) in [4.78, 5) is 74.3. The molecule has 2 atom stereocenters. The van der Waals surface area contributed by atoms with E-state index in [-0.39, 0.29) is 42.6 Å². The van der Waals surface area contributed by atoms with Gasteiger partial charge in [0, 0.05) is 30.8 Å². The second kappa shape index (κ2) is 15.1. The van der Waals surface area contributed by atoms with Crippen molar-refractivity contribution in [2.75, 3.05) is 11.9 Å². The number of anilines is 1. The fourth-order valence-electron chi connectivity index (χ4n) is 3.83. The molecule has 3 N–H and O–H groups in total. The van der Waals surface area contributed by atoms with E-state index in [1.54, 1.807) is 65.8 Å². The first-order valence-corrected chi connectivity index (χ1v) is 13.9. The largest absolute Gasteiger partial charge is 0.460 e. The normalized spacial score (nSPS) is 14.6. The minimum absolute atomic E-state index is 0.122. The van der Waals surface area contributed by atoms with Gasteiger partial charge in [0.25, 0.3) is 11.8 Å². The number of imide groups is 1. The van der Waals surface area contributed by atoms with E-state index in [1.807, 2.05) is 0 Å². The number of carbonyl (C=O) groups is 6. The van der Waals surface area contributed by atoms with Crippen molar-refractivity contribution < 1.29 is 33.5 Å². The SMILES string of the molecule is CC(C)C(NC(=O)CCCCCN1C(=O)C=CC1=O)C(=O)N[C@@H](C)C(=O)Nc1ccc(COC(=O)C(C)(C)C)cc1. The highest BCUT2D eigenvalue weighted by atomic mass is 16.5. The fraction of sp³-hybridized carbons (Fsp3) is 0.533. The number of benzene rings is 1. The van der Waals surface area contributed by atoms with Crippen LogP contribution in [0.1, 0.15) is 72.8 Å². The standard InChI is InChI=1S/C30H42N4O7/c1-19(2)26(33-23(35)10-8-7-9-17-34-24(36)15-16-25(34)37)28(39)31-20(3)27(38)32-22-13-11-21(12-14-22)18-41-29(40)30(4,5)6/h11-16,19-20,26H,7-10,17-18H2,1-6H3,(H,31,39)(H,32,38)(H,33,35)/t20-,26?/m0/s1. The summed E-state index contributed by atoms with van der Waals surface area (Å²) in [6.45, 7) is 10.9. The van der Waals surface area contributed by atoms with E-state index < -0.39 is 29.3 Å². The molecule has 1 aliphatic rings. The quantitative estimate of drug-likeness (QED) is 0.177. The zero-order valence-corrected chi connectivity index (χ0v) is 24.7. The summed E-state index contributed by atoms with van der Waals surface area (Å²) in [6.07, 6.45) is 4.44. The molecule has 1 aliphatic heterocycles. The van der Waals surface area contributed by atoms with E-state index in [1.165, 1.54) is 17.1 Å². The molecule has 0 aliphatic carbocycles. The number of ether oxygens (including phenoxy) is 1. The van der Waals surface area contributed by atoms with Crippen molar-refractivity contribution in [2.24, 2.45) is 11.3 Å². The molecule has 1 aromatic rings. The van der Waals surface area contributed by atoms with Gasteiger partial charge in [0.1, 0.15) is 18.7 Å². The molecule has 0 bridgehead atoms. The summed E-state index contributed by atoms with van der Waals surface area (Å²) < 4.78 is 5.29. The summed E-state index contributed by atoms with van der Waals surface area (Å²) in [5.41, 5.74) is 0.696. The molecule has 0 spiro atoms. The first kappa shape index (κ1) is 33.2. The maximum Gasteiger partial charge on any atom is 0.311 e.